The van der Waals surface area contributed by atoms with Gasteiger partial charge in [0.05, 0.1) is 0 Å². The van der Waals surface area contributed by atoms with E-state index in [9.17, 15) is 4.79 Å². The third-order valence-electron chi connectivity index (χ3n) is 4.54. The summed E-state index contributed by atoms with van der Waals surface area (Å²) in [4.78, 5) is 14.2. The summed E-state index contributed by atoms with van der Waals surface area (Å²) in [6.07, 6.45) is 11.6. The summed E-state index contributed by atoms with van der Waals surface area (Å²) < 4.78 is 0. The molecule has 0 saturated heterocycles. The Morgan fingerprint density at radius 2 is 1.74 bits per heavy atom. The van der Waals surface area contributed by atoms with E-state index in [1.54, 1.807) is 0 Å². The fraction of sp³-hybridized carbons (Fsp3) is 0.938. The molecule has 0 spiro atoms. The average Bonchev–Trinajstić information content (AvgIpc) is 2.46. The van der Waals surface area contributed by atoms with Gasteiger partial charge in [0.25, 0.3) is 0 Å². The first-order chi connectivity index (χ1) is 9.19. The lowest BCUT2D eigenvalue weighted by Gasteiger charge is -2.34. The van der Waals surface area contributed by atoms with Gasteiger partial charge in [-0.05, 0) is 39.2 Å². The van der Waals surface area contributed by atoms with Crippen LogP contribution in [0.1, 0.15) is 71.1 Å². The van der Waals surface area contributed by atoms with Crippen molar-refractivity contribution >= 4 is 5.91 Å². The van der Waals surface area contributed by atoms with Gasteiger partial charge in [0.1, 0.15) is 0 Å². The lowest BCUT2D eigenvalue weighted by molar-refractivity contribution is -0.132. The Labute approximate surface area is 119 Å². The van der Waals surface area contributed by atoms with Crippen LogP contribution in [0.2, 0.25) is 0 Å². The van der Waals surface area contributed by atoms with Crippen molar-refractivity contribution in [3.05, 3.63) is 0 Å². The molecule has 0 aromatic rings. The number of carbonyl (C=O) groups excluding carboxylic acids is 1. The third kappa shape index (κ3) is 5.94. The SMILES string of the molecule is CCCCCCCC(=O)N(C)C1CCC(NC)CC1. The van der Waals surface area contributed by atoms with E-state index in [4.69, 9.17) is 0 Å². The summed E-state index contributed by atoms with van der Waals surface area (Å²) in [5, 5.41) is 3.34. The molecule has 0 atom stereocenters. The Kier molecular flexibility index (Phi) is 8.11. The minimum Gasteiger partial charge on any atom is -0.343 e. The van der Waals surface area contributed by atoms with E-state index in [-0.39, 0.29) is 0 Å². The van der Waals surface area contributed by atoms with Crippen LogP contribution >= 0.6 is 0 Å². The summed E-state index contributed by atoms with van der Waals surface area (Å²) in [5.74, 6) is 0.351. The molecule has 19 heavy (non-hydrogen) atoms. The Hall–Kier alpha value is -0.570. The third-order valence-corrected chi connectivity index (χ3v) is 4.54. The van der Waals surface area contributed by atoms with Gasteiger partial charge in [-0.15, -0.1) is 0 Å². The number of unbranched alkanes of at least 4 members (excludes halogenated alkanes) is 4. The first-order valence-corrected chi connectivity index (χ1v) is 8.12. The van der Waals surface area contributed by atoms with Crippen molar-refractivity contribution in [1.82, 2.24) is 10.2 Å². The lowest BCUT2D eigenvalue weighted by atomic mass is 9.90. The van der Waals surface area contributed by atoms with Crippen LogP contribution in [0.5, 0.6) is 0 Å². The van der Waals surface area contributed by atoms with Gasteiger partial charge < -0.3 is 10.2 Å². The maximum Gasteiger partial charge on any atom is 0.222 e. The molecule has 0 bridgehead atoms. The van der Waals surface area contributed by atoms with E-state index in [1.807, 2.05) is 19.0 Å². The van der Waals surface area contributed by atoms with E-state index in [0.29, 0.717) is 18.0 Å². The molecule has 1 rings (SSSR count). The minimum atomic E-state index is 0.351. The topological polar surface area (TPSA) is 32.3 Å². The van der Waals surface area contributed by atoms with Gasteiger partial charge >= 0.3 is 0 Å². The molecular formula is C16H32N2O. The molecule has 0 aromatic carbocycles. The number of rotatable bonds is 8. The molecule has 0 aliphatic heterocycles. The molecule has 0 unspecified atom stereocenters. The van der Waals surface area contributed by atoms with E-state index >= 15 is 0 Å². The minimum absolute atomic E-state index is 0.351. The highest BCUT2D eigenvalue weighted by atomic mass is 16.2. The normalized spacial score (nSPS) is 23.3. The van der Waals surface area contributed by atoms with Crippen molar-refractivity contribution in [1.29, 1.82) is 0 Å². The summed E-state index contributed by atoms with van der Waals surface area (Å²) in [6, 6.07) is 1.14. The highest BCUT2D eigenvalue weighted by Gasteiger charge is 2.25. The number of amides is 1. The van der Waals surface area contributed by atoms with Gasteiger partial charge in [-0.1, -0.05) is 32.6 Å². The standard InChI is InChI=1S/C16H32N2O/c1-4-5-6-7-8-9-16(19)18(3)15-12-10-14(17-2)11-13-15/h14-15,17H,4-13H2,1-3H3. The van der Waals surface area contributed by atoms with Crippen LogP contribution < -0.4 is 5.32 Å². The van der Waals surface area contributed by atoms with Crippen molar-refractivity contribution in [3.63, 3.8) is 0 Å². The van der Waals surface area contributed by atoms with E-state index in [1.165, 1.54) is 38.5 Å². The molecule has 1 fully saturated rings. The molecule has 3 heteroatoms. The van der Waals surface area contributed by atoms with Gasteiger partial charge in [0.2, 0.25) is 5.91 Å². The molecule has 1 saturated carbocycles. The second kappa shape index (κ2) is 9.35. The Morgan fingerprint density at radius 3 is 2.32 bits per heavy atom. The number of hydrogen-bond donors (Lipinski definition) is 1. The van der Waals surface area contributed by atoms with Crippen LogP contribution in [0.3, 0.4) is 0 Å². The molecule has 112 valence electrons. The molecular weight excluding hydrogens is 236 g/mol. The Balaban J connectivity index is 2.17. The molecule has 1 aliphatic carbocycles. The second-order valence-electron chi connectivity index (χ2n) is 5.96. The fourth-order valence-corrected chi connectivity index (χ4v) is 3.01. The first kappa shape index (κ1) is 16.5. The molecule has 3 nitrogen and oxygen atoms in total. The second-order valence-corrected chi connectivity index (χ2v) is 5.96. The van der Waals surface area contributed by atoms with Crippen molar-refractivity contribution < 1.29 is 4.79 Å². The summed E-state index contributed by atoms with van der Waals surface area (Å²) >= 11 is 0. The zero-order chi connectivity index (χ0) is 14.1. The van der Waals surface area contributed by atoms with Crippen LogP contribution in [-0.4, -0.2) is 37.0 Å². The summed E-state index contributed by atoms with van der Waals surface area (Å²) in [7, 11) is 4.04. The summed E-state index contributed by atoms with van der Waals surface area (Å²) in [6.45, 7) is 2.22. The predicted molar refractivity (Wildman–Crippen MR) is 81.2 cm³/mol. The van der Waals surface area contributed by atoms with E-state index < -0.39 is 0 Å². The molecule has 0 heterocycles. The fourth-order valence-electron chi connectivity index (χ4n) is 3.01. The molecule has 0 radical (unpaired) electrons. The molecule has 1 amide bonds. The lowest BCUT2D eigenvalue weighted by Crippen LogP contribution is -2.42. The molecule has 1 N–H and O–H groups in total. The van der Waals surface area contributed by atoms with E-state index in [0.717, 1.165) is 25.7 Å². The van der Waals surface area contributed by atoms with Gasteiger partial charge in [0.15, 0.2) is 0 Å². The summed E-state index contributed by atoms with van der Waals surface area (Å²) in [5.41, 5.74) is 0. The van der Waals surface area contributed by atoms with Gasteiger partial charge in [-0.25, -0.2) is 0 Å². The monoisotopic (exact) mass is 268 g/mol. The Morgan fingerprint density at radius 1 is 1.11 bits per heavy atom. The van der Waals surface area contributed by atoms with Crippen molar-refractivity contribution in [2.45, 2.75) is 83.2 Å². The zero-order valence-corrected chi connectivity index (χ0v) is 13.1. The van der Waals surface area contributed by atoms with Gasteiger partial charge in [0, 0.05) is 25.6 Å². The maximum atomic E-state index is 12.1. The van der Waals surface area contributed by atoms with Crippen molar-refractivity contribution in [2.75, 3.05) is 14.1 Å². The number of nitrogens with one attached hydrogen (secondary N) is 1. The number of carbonyl (C=O) groups is 1. The zero-order valence-electron chi connectivity index (χ0n) is 13.1. The van der Waals surface area contributed by atoms with Crippen molar-refractivity contribution in [2.24, 2.45) is 0 Å². The van der Waals surface area contributed by atoms with E-state index in [2.05, 4.69) is 12.2 Å². The van der Waals surface area contributed by atoms with Crippen LogP contribution in [0.15, 0.2) is 0 Å². The van der Waals surface area contributed by atoms with Crippen LogP contribution in [0.25, 0.3) is 0 Å². The highest BCUT2D eigenvalue weighted by Crippen LogP contribution is 2.23. The van der Waals surface area contributed by atoms with Crippen molar-refractivity contribution in [3.8, 4) is 0 Å². The van der Waals surface area contributed by atoms with Crippen LogP contribution in [0, 0.1) is 0 Å². The Bertz CT molecular complexity index is 247. The first-order valence-electron chi connectivity index (χ1n) is 8.12. The average molecular weight is 268 g/mol. The van der Waals surface area contributed by atoms with Gasteiger partial charge in [-0.3, -0.25) is 4.79 Å². The van der Waals surface area contributed by atoms with Crippen LogP contribution in [0.4, 0.5) is 0 Å². The number of hydrogen-bond acceptors (Lipinski definition) is 2. The van der Waals surface area contributed by atoms with Gasteiger partial charge in [-0.2, -0.15) is 0 Å². The highest BCUT2D eigenvalue weighted by molar-refractivity contribution is 5.76. The maximum absolute atomic E-state index is 12.1. The molecule has 1 aliphatic rings. The predicted octanol–water partition coefficient (Wildman–Crippen LogP) is 3.34. The smallest absolute Gasteiger partial charge is 0.222 e. The molecule has 0 aromatic heterocycles. The number of nitrogens with zero attached hydrogens (tertiary/aromatic N) is 1. The quantitative estimate of drug-likeness (QED) is 0.685. The van der Waals surface area contributed by atoms with Crippen LogP contribution in [-0.2, 0) is 4.79 Å². The largest absolute Gasteiger partial charge is 0.343 e.